The minimum Gasteiger partial charge on any atom is -0.462 e. The first-order chi connectivity index (χ1) is 9.70. The summed E-state index contributed by atoms with van der Waals surface area (Å²) in [5.41, 5.74) is 1.72. The van der Waals surface area contributed by atoms with Crippen molar-refractivity contribution in [1.82, 2.24) is 0 Å². The third-order valence-electron chi connectivity index (χ3n) is 4.20. The predicted octanol–water partition coefficient (Wildman–Crippen LogP) is 3.11. The van der Waals surface area contributed by atoms with Crippen LogP contribution in [0.25, 0.3) is 0 Å². The number of carbonyl (C=O) groups is 2. The molecule has 2 bridgehead atoms. The zero-order valence-electron chi connectivity index (χ0n) is 11.5. The Balaban J connectivity index is 1.72. The van der Waals surface area contributed by atoms with Crippen LogP contribution in [-0.2, 0) is 9.53 Å². The van der Waals surface area contributed by atoms with Crippen molar-refractivity contribution in [3.8, 4) is 0 Å². The van der Waals surface area contributed by atoms with Crippen LogP contribution in [0.2, 0.25) is 0 Å². The molecule has 0 N–H and O–H groups in total. The summed E-state index contributed by atoms with van der Waals surface area (Å²) in [6, 6.07) is 7.51. The fraction of sp³-hybridized carbons (Fsp3) is 0.412. The molecule has 104 valence electrons. The van der Waals surface area contributed by atoms with Crippen LogP contribution >= 0.6 is 0 Å². The van der Waals surface area contributed by atoms with Crippen LogP contribution < -0.4 is 0 Å². The average molecular weight is 270 g/mol. The third kappa shape index (κ3) is 2.17. The second-order valence-corrected chi connectivity index (χ2v) is 5.52. The molecule has 3 heteroatoms. The van der Waals surface area contributed by atoms with Gasteiger partial charge in [-0.15, -0.1) is 0 Å². The first-order valence-corrected chi connectivity index (χ1v) is 7.20. The first kappa shape index (κ1) is 13.1. The van der Waals surface area contributed by atoms with Gasteiger partial charge in [0.2, 0.25) is 0 Å². The molecule has 0 aromatic heterocycles. The van der Waals surface area contributed by atoms with E-state index in [1.165, 1.54) is 0 Å². The van der Waals surface area contributed by atoms with E-state index in [-0.39, 0.29) is 23.7 Å². The van der Waals surface area contributed by atoms with Crippen LogP contribution in [0, 0.1) is 11.8 Å². The van der Waals surface area contributed by atoms with Gasteiger partial charge in [-0.05, 0) is 36.5 Å². The maximum atomic E-state index is 11.9. The first-order valence-electron chi connectivity index (χ1n) is 7.20. The summed E-state index contributed by atoms with van der Waals surface area (Å²) in [5, 5.41) is 0. The summed E-state index contributed by atoms with van der Waals surface area (Å²) in [5.74, 6) is 0.499. The molecule has 2 aliphatic rings. The summed E-state index contributed by atoms with van der Waals surface area (Å²) >= 11 is 0. The van der Waals surface area contributed by atoms with Crippen LogP contribution in [0.4, 0.5) is 0 Å². The van der Waals surface area contributed by atoms with Gasteiger partial charge in [0.1, 0.15) is 5.78 Å². The maximum absolute atomic E-state index is 11.9. The quantitative estimate of drug-likeness (QED) is 0.623. The zero-order chi connectivity index (χ0) is 14.1. The van der Waals surface area contributed by atoms with Crippen LogP contribution in [-0.4, -0.2) is 18.4 Å². The second kappa shape index (κ2) is 5.23. The second-order valence-electron chi connectivity index (χ2n) is 5.52. The van der Waals surface area contributed by atoms with Gasteiger partial charge in [0.25, 0.3) is 0 Å². The zero-order valence-corrected chi connectivity index (χ0v) is 11.5. The molecule has 0 saturated heterocycles. The Morgan fingerprint density at radius 1 is 1.25 bits per heavy atom. The number of allylic oxidation sites excluding steroid dienone is 2. The number of ether oxygens (including phenoxy) is 1. The molecule has 0 heterocycles. The molecular formula is C17H18O3. The summed E-state index contributed by atoms with van der Waals surface area (Å²) in [4.78, 5) is 23.6. The van der Waals surface area contributed by atoms with E-state index in [9.17, 15) is 9.59 Å². The lowest BCUT2D eigenvalue weighted by Crippen LogP contribution is -2.10. The number of hydrogen-bond donors (Lipinski definition) is 0. The molecule has 3 rings (SSSR count). The highest BCUT2D eigenvalue weighted by molar-refractivity contribution is 5.93. The van der Waals surface area contributed by atoms with Gasteiger partial charge < -0.3 is 4.74 Å². The Labute approximate surface area is 118 Å². The molecular weight excluding hydrogens is 252 g/mol. The number of ketones is 1. The standard InChI is InChI=1S/C17H18O3/c1-2-9-20-17(19)12-5-3-11(4-6-12)15-10-13-7-8-14(15)16(13)18/h3-8,13-15H,2,9-10H2,1H3. The highest BCUT2D eigenvalue weighted by atomic mass is 16.5. The van der Waals surface area contributed by atoms with Crippen molar-refractivity contribution in [3.05, 3.63) is 47.5 Å². The molecule has 0 amide bonds. The lowest BCUT2D eigenvalue weighted by molar-refractivity contribution is -0.120. The van der Waals surface area contributed by atoms with Gasteiger partial charge in [0.05, 0.1) is 12.2 Å². The largest absolute Gasteiger partial charge is 0.462 e. The molecule has 2 aliphatic carbocycles. The van der Waals surface area contributed by atoms with Gasteiger partial charge in [0, 0.05) is 11.8 Å². The van der Waals surface area contributed by atoms with E-state index in [0.717, 1.165) is 18.4 Å². The third-order valence-corrected chi connectivity index (χ3v) is 4.20. The highest BCUT2D eigenvalue weighted by Gasteiger charge is 2.43. The summed E-state index contributed by atoms with van der Waals surface area (Å²) in [6.07, 6.45) is 5.79. The molecule has 0 aliphatic heterocycles. The molecule has 3 unspecified atom stereocenters. The van der Waals surface area contributed by atoms with E-state index < -0.39 is 0 Å². The molecule has 3 nitrogen and oxygen atoms in total. The van der Waals surface area contributed by atoms with Gasteiger partial charge in [-0.2, -0.15) is 0 Å². The van der Waals surface area contributed by atoms with Gasteiger partial charge in [-0.1, -0.05) is 31.2 Å². The topological polar surface area (TPSA) is 43.4 Å². The van der Waals surface area contributed by atoms with Gasteiger partial charge in [-0.25, -0.2) is 4.79 Å². The number of carbonyl (C=O) groups excluding carboxylic acids is 2. The van der Waals surface area contributed by atoms with E-state index in [0.29, 0.717) is 18.0 Å². The Morgan fingerprint density at radius 2 is 2.00 bits per heavy atom. The lowest BCUT2D eigenvalue weighted by atomic mass is 9.86. The van der Waals surface area contributed by atoms with Crippen LogP contribution in [0.5, 0.6) is 0 Å². The van der Waals surface area contributed by atoms with E-state index >= 15 is 0 Å². The van der Waals surface area contributed by atoms with Crippen LogP contribution in [0.15, 0.2) is 36.4 Å². The Morgan fingerprint density at radius 3 is 2.55 bits per heavy atom. The van der Waals surface area contributed by atoms with E-state index in [1.807, 2.05) is 31.2 Å². The molecule has 0 spiro atoms. The average Bonchev–Trinajstić information content (AvgIpc) is 3.00. The fourth-order valence-electron chi connectivity index (χ4n) is 3.13. The SMILES string of the molecule is CCCOC(=O)c1ccc(C2CC3C=CC2C3=O)cc1. The number of benzene rings is 1. The number of fused-ring (bicyclic) bond motifs is 2. The summed E-state index contributed by atoms with van der Waals surface area (Å²) in [7, 11) is 0. The minimum atomic E-state index is -0.276. The highest BCUT2D eigenvalue weighted by Crippen LogP contribution is 2.46. The number of hydrogen-bond acceptors (Lipinski definition) is 3. The molecule has 20 heavy (non-hydrogen) atoms. The monoisotopic (exact) mass is 270 g/mol. The normalized spacial score (nSPS) is 27.1. The van der Waals surface area contributed by atoms with E-state index in [2.05, 4.69) is 0 Å². The Bertz CT molecular complexity index is 556. The summed E-state index contributed by atoms with van der Waals surface area (Å²) in [6.45, 7) is 2.42. The molecule has 1 aromatic carbocycles. The van der Waals surface area contributed by atoms with Crippen molar-refractivity contribution < 1.29 is 14.3 Å². The van der Waals surface area contributed by atoms with Gasteiger partial charge in [0.15, 0.2) is 0 Å². The molecule has 0 radical (unpaired) electrons. The van der Waals surface area contributed by atoms with Gasteiger partial charge in [-0.3, -0.25) is 4.79 Å². The molecule has 1 saturated carbocycles. The van der Waals surface area contributed by atoms with E-state index in [4.69, 9.17) is 4.74 Å². The Hall–Kier alpha value is -1.90. The molecule has 1 aromatic rings. The minimum absolute atomic E-state index is 0.0397. The smallest absolute Gasteiger partial charge is 0.338 e. The number of esters is 1. The lowest BCUT2D eigenvalue weighted by Gasteiger charge is -2.17. The Kier molecular flexibility index (Phi) is 3.43. The van der Waals surface area contributed by atoms with Crippen LogP contribution in [0.3, 0.4) is 0 Å². The summed E-state index contributed by atoms with van der Waals surface area (Å²) < 4.78 is 5.10. The van der Waals surface area contributed by atoms with Crippen LogP contribution in [0.1, 0.15) is 41.6 Å². The molecule has 3 atom stereocenters. The number of rotatable bonds is 4. The van der Waals surface area contributed by atoms with Crippen molar-refractivity contribution in [2.75, 3.05) is 6.61 Å². The van der Waals surface area contributed by atoms with Crippen molar-refractivity contribution in [2.45, 2.75) is 25.7 Å². The molecule has 1 fully saturated rings. The van der Waals surface area contributed by atoms with Crippen molar-refractivity contribution in [2.24, 2.45) is 11.8 Å². The van der Waals surface area contributed by atoms with Gasteiger partial charge >= 0.3 is 5.97 Å². The number of Topliss-reactive ketones (excluding diaryl/α,β-unsaturated/α-hetero) is 1. The van der Waals surface area contributed by atoms with Crippen molar-refractivity contribution in [1.29, 1.82) is 0 Å². The van der Waals surface area contributed by atoms with Crippen molar-refractivity contribution >= 4 is 11.8 Å². The fourth-order valence-corrected chi connectivity index (χ4v) is 3.13. The predicted molar refractivity (Wildman–Crippen MR) is 75.5 cm³/mol. The van der Waals surface area contributed by atoms with E-state index in [1.54, 1.807) is 12.1 Å². The maximum Gasteiger partial charge on any atom is 0.338 e. The van der Waals surface area contributed by atoms with Crippen molar-refractivity contribution in [3.63, 3.8) is 0 Å².